The minimum absolute atomic E-state index is 0.0999. The Labute approximate surface area is 192 Å². The fraction of sp³-hybridized carbons (Fsp3) is 0.174. The molecule has 0 saturated carbocycles. The molecule has 0 bridgehead atoms. The number of thioether (sulfide) groups is 1. The standard InChI is InChI=1S/C23H21N3O2S3/c1-3-10-26-22(28)20-17(18-5-4-11-29-18)13-30-21(20)25-23(26)31-14-19(27)24-12-16-8-6-15(2)7-9-16/h3-9,11,13H,1,10,12,14H2,2H3,(H,24,27). The van der Waals surface area contributed by atoms with Crippen molar-refractivity contribution in [3.05, 3.63) is 81.3 Å². The van der Waals surface area contributed by atoms with Crippen LogP contribution in [0.3, 0.4) is 0 Å². The lowest BCUT2D eigenvalue weighted by Gasteiger charge is -2.11. The van der Waals surface area contributed by atoms with Crippen molar-refractivity contribution in [3.63, 3.8) is 0 Å². The van der Waals surface area contributed by atoms with Gasteiger partial charge in [-0.05, 0) is 23.9 Å². The number of allylic oxidation sites excluding steroid dienone is 1. The number of nitrogens with zero attached hydrogens (tertiary/aromatic N) is 2. The number of carbonyl (C=O) groups is 1. The van der Waals surface area contributed by atoms with Crippen molar-refractivity contribution in [2.75, 3.05) is 5.75 Å². The summed E-state index contributed by atoms with van der Waals surface area (Å²) in [6.45, 7) is 6.62. The molecule has 1 aromatic carbocycles. The van der Waals surface area contributed by atoms with Crippen LogP contribution in [-0.2, 0) is 17.9 Å². The van der Waals surface area contributed by atoms with Crippen molar-refractivity contribution < 1.29 is 4.79 Å². The van der Waals surface area contributed by atoms with Gasteiger partial charge in [-0.15, -0.1) is 29.3 Å². The van der Waals surface area contributed by atoms with E-state index in [1.54, 1.807) is 22.0 Å². The molecule has 0 aliphatic rings. The van der Waals surface area contributed by atoms with E-state index < -0.39 is 0 Å². The number of amides is 1. The molecule has 4 aromatic rings. The van der Waals surface area contributed by atoms with E-state index in [1.165, 1.54) is 28.7 Å². The van der Waals surface area contributed by atoms with E-state index in [0.29, 0.717) is 28.5 Å². The Morgan fingerprint density at radius 1 is 1.26 bits per heavy atom. The number of hydrogen-bond acceptors (Lipinski definition) is 6. The molecule has 31 heavy (non-hydrogen) atoms. The smallest absolute Gasteiger partial charge is 0.263 e. The van der Waals surface area contributed by atoms with Crippen LogP contribution in [0.1, 0.15) is 11.1 Å². The summed E-state index contributed by atoms with van der Waals surface area (Å²) in [6, 6.07) is 12.0. The molecule has 0 aliphatic carbocycles. The first-order valence-corrected chi connectivity index (χ1v) is 12.4. The number of rotatable bonds is 8. The number of thiophene rings is 2. The van der Waals surface area contributed by atoms with Gasteiger partial charge in [-0.2, -0.15) is 0 Å². The van der Waals surface area contributed by atoms with Gasteiger partial charge in [-0.25, -0.2) is 4.98 Å². The highest BCUT2D eigenvalue weighted by molar-refractivity contribution is 7.99. The largest absolute Gasteiger partial charge is 0.351 e. The summed E-state index contributed by atoms with van der Waals surface area (Å²) in [7, 11) is 0. The maximum absolute atomic E-state index is 13.3. The van der Waals surface area contributed by atoms with Gasteiger partial charge in [0.1, 0.15) is 4.83 Å². The van der Waals surface area contributed by atoms with Crippen LogP contribution in [0.2, 0.25) is 0 Å². The number of carbonyl (C=O) groups excluding carboxylic acids is 1. The van der Waals surface area contributed by atoms with Gasteiger partial charge in [0, 0.05) is 28.9 Å². The first-order valence-electron chi connectivity index (χ1n) is 9.68. The summed E-state index contributed by atoms with van der Waals surface area (Å²) in [6.07, 6.45) is 1.67. The third-order valence-electron chi connectivity index (χ3n) is 4.70. The molecule has 0 fully saturated rings. The molecule has 1 amide bonds. The maximum atomic E-state index is 13.3. The predicted molar refractivity (Wildman–Crippen MR) is 131 cm³/mol. The highest BCUT2D eigenvalue weighted by Crippen LogP contribution is 2.34. The molecular weight excluding hydrogens is 446 g/mol. The van der Waals surface area contributed by atoms with Gasteiger partial charge in [-0.3, -0.25) is 14.2 Å². The van der Waals surface area contributed by atoms with Crippen molar-refractivity contribution in [1.29, 1.82) is 0 Å². The minimum atomic E-state index is -0.101. The second-order valence-corrected chi connectivity index (χ2v) is 9.70. The Bertz CT molecular complexity index is 1270. The molecule has 3 heterocycles. The Morgan fingerprint density at radius 3 is 2.77 bits per heavy atom. The third-order valence-corrected chi connectivity index (χ3v) is 7.45. The first-order chi connectivity index (χ1) is 15.1. The van der Waals surface area contributed by atoms with E-state index in [2.05, 4.69) is 11.9 Å². The molecule has 8 heteroatoms. The van der Waals surface area contributed by atoms with Gasteiger partial charge in [0.25, 0.3) is 5.56 Å². The molecule has 0 saturated heterocycles. The van der Waals surface area contributed by atoms with Crippen molar-refractivity contribution in [1.82, 2.24) is 14.9 Å². The van der Waals surface area contributed by atoms with Crippen LogP contribution in [0.15, 0.2) is 69.8 Å². The number of aromatic nitrogens is 2. The predicted octanol–water partition coefficient (Wildman–Crippen LogP) is 5.09. The van der Waals surface area contributed by atoms with Gasteiger partial charge in [0.05, 0.1) is 11.1 Å². The molecule has 1 N–H and O–H groups in total. The van der Waals surface area contributed by atoms with E-state index in [1.807, 2.05) is 54.1 Å². The molecule has 0 radical (unpaired) electrons. The summed E-state index contributed by atoms with van der Waals surface area (Å²) >= 11 is 4.32. The van der Waals surface area contributed by atoms with Crippen molar-refractivity contribution in [3.8, 4) is 10.4 Å². The Balaban J connectivity index is 1.53. The van der Waals surface area contributed by atoms with Crippen LogP contribution in [0.4, 0.5) is 0 Å². The van der Waals surface area contributed by atoms with Crippen LogP contribution in [0, 0.1) is 6.92 Å². The van der Waals surface area contributed by atoms with Gasteiger partial charge in [-0.1, -0.05) is 53.7 Å². The van der Waals surface area contributed by atoms with Crippen LogP contribution in [0.25, 0.3) is 20.7 Å². The summed E-state index contributed by atoms with van der Waals surface area (Å²) in [5, 5.41) is 8.05. The monoisotopic (exact) mass is 467 g/mol. The summed E-state index contributed by atoms with van der Waals surface area (Å²) in [5.41, 5.74) is 3.05. The minimum Gasteiger partial charge on any atom is -0.351 e. The second-order valence-electron chi connectivity index (χ2n) is 6.96. The number of benzene rings is 1. The fourth-order valence-electron chi connectivity index (χ4n) is 3.11. The van der Waals surface area contributed by atoms with E-state index in [0.717, 1.165) is 16.0 Å². The molecule has 0 atom stereocenters. The van der Waals surface area contributed by atoms with Crippen molar-refractivity contribution >= 4 is 50.6 Å². The normalized spacial score (nSPS) is 11.0. The third kappa shape index (κ3) is 4.81. The molecule has 5 nitrogen and oxygen atoms in total. The average molecular weight is 468 g/mol. The van der Waals surface area contributed by atoms with Crippen LogP contribution in [0.5, 0.6) is 0 Å². The molecule has 3 aromatic heterocycles. The van der Waals surface area contributed by atoms with Crippen LogP contribution in [-0.4, -0.2) is 21.2 Å². The average Bonchev–Trinajstić information content (AvgIpc) is 3.44. The number of aryl methyl sites for hydroxylation is 1. The lowest BCUT2D eigenvalue weighted by molar-refractivity contribution is -0.118. The SMILES string of the molecule is C=CCn1c(SCC(=O)NCc2ccc(C)cc2)nc2scc(-c3cccs3)c2c1=O. The summed E-state index contributed by atoms with van der Waals surface area (Å²) in [4.78, 5) is 32.1. The molecular formula is C23H21N3O2S3. The van der Waals surface area contributed by atoms with Gasteiger partial charge >= 0.3 is 0 Å². The van der Waals surface area contributed by atoms with Gasteiger partial charge < -0.3 is 5.32 Å². The zero-order valence-electron chi connectivity index (χ0n) is 17.0. The topological polar surface area (TPSA) is 64.0 Å². The second kappa shape index (κ2) is 9.64. The lowest BCUT2D eigenvalue weighted by Crippen LogP contribution is -2.26. The summed E-state index contributed by atoms with van der Waals surface area (Å²) in [5.74, 6) is 0.0833. The number of hydrogen-bond donors (Lipinski definition) is 1. The van der Waals surface area contributed by atoms with E-state index in [4.69, 9.17) is 4.98 Å². The van der Waals surface area contributed by atoms with Crippen molar-refractivity contribution in [2.45, 2.75) is 25.2 Å². The highest BCUT2D eigenvalue weighted by atomic mass is 32.2. The van der Waals surface area contributed by atoms with Gasteiger partial charge in [0.15, 0.2) is 5.16 Å². The fourth-order valence-corrected chi connectivity index (χ4v) is 5.75. The van der Waals surface area contributed by atoms with E-state index >= 15 is 0 Å². The Kier molecular flexibility index (Phi) is 6.70. The molecule has 0 unspecified atom stereocenters. The zero-order chi connectivity index (χ0) is 21.8. The highest BCUT2D eigenvalue weighted by Gasteiger charge is 2.18. The molecule has 0 aliphatic heterocycles. The molecule has 0 spiro atoms. The Hall–Kier alpha value is -2.68. The quantitative estimate of drug-likeness (QED) is 0.223. The van der Waals surface area contributed by atoms with Crippen LogP contribution < -0.4 is 10.9 Å². The number of nitrogens with one attached hydrogen (secondary N) is 1. The first kappa shape index (κ1) is 21.5. The maximum Gasteiger partial charge on any atom is 0.263 e. The molecule has 4 rings (SSSR count). The number of fused-ring (bicyclic) bond motifs is 1. The van der Waals surface area contributed by atoms with Crippen LogP contribution >= 0.6 is 34.4 Å². The van der Waals surface area contributed by atoms with E-state index in [-0.39, 0.29) is 17.2 Å². The Morgan fingerprint density at radius 2 is 2.06 bits per heavy atom. The zero-order valence-corrected chi connectivity index (χ0v) is 19.4. The summed E-state index contributed by atoms with van der Waals surface area (Å²) < 4.78 is 1.59. The van der Waals surface area contributed by atoms with E-state index in [9.17, 15) is 9.59 Å². The van der Waals surface area contributed by atoms with Gasteiger partial charge in [0.2, 0.25) is 5.91 Å². The van der Waals surface area contributed by atoms with Crippen molar-refractivity contribution in [2.24, 2.45) is 0 Å². The lowest BCUT2D eigenvalue weighted by atomic mass is 10.1. The molecule has 158 valence electrons.